The Morgan fingerprint density at radius 2 is 1.62 bits per heavy atom. The summed E-state index contributed by atoms with van der Waals surface area (Å²) in [6.45, 7) is 0.304. The van der Waals surface area contributed by atoms with E-state index in [1.54, 1.807) is 36.4 Å². The highest BCUT2D eigenvalue weighted by Gasteiger charge is 2.09. The summed E-state index contributed by atoms with van der Waals surface area (Å²) in [5.74, 6) is -1.07. The third kappa shape index (κ3) is 4.43. The monoisotopic (exact) mass is 347 g/mol. The molecule has 0 heterocycles. The number of amides is 1. The first-order valence-corrected chi connectivity index (χ1v) is 7.18. The molecule has 0 aliphatic heterocycles. The van der Waals surface area contributed by atoms with E-state index in [1.807, 2.05) is 12.1 Å². The summed E-state index contributed by atoms with van der Waals surface area (Å²) < 4.78 is 0.908. The lowest BCUT2D eigenvalue weighted by atomic mass is 10.0. The first-order chi connectivity index (χ1) is 10.1. The van der Waals surface area contributed by atoms with Crippen molar-refractivity contribution < 1.29 is 14.7 Å². The number of carbonyl (C=O) groups excluding carboxylic acids is 1. The first kappa shape index (κ1) is 15.3. The Bertz CT molecular complexity index is 653. The third-order valence-corrected chi connectivity index (χ3v) is 3.53. The summed E-state index contributed by atoms with van der Waals surface area (Å²) >= 11 is 3.32. The summed E-state index contributed by atoms with van der Waals surface area (Å²) in [5, 5.41) is 11.7. The van der Waals surface area contributed by atoms with Crippen LogP contribution in [0.2, 0.25) is 0 Å². The predicted molar refractivity (Wildman–Crippen MR) is 83.1 cm³/mol. The Balaban J connectivity index is 2.04. The maximum absolute atomic E-state index is 12.0. The second-order valence-electron chi connectivity index (χ2n) is 4.53. The van der Waals surface area contributed by atoms with Gasteiger partial charge in [0.15, 0.2) is 0 Å². The van der Waals surface area contributed by atoms with E-state index >= 15 is 0 Å². The van der Waals surface area contributed by atoms with Crippen LogP contribution >= 0.6 is 15.9 Å². The van der Waals surface area contributed by atoms with Gasteiger partial charge in [-0.2, -0.15) is 0 Å². The molecule has 108 valence electrons. The van der Waals surface area contributed by atoms with Gasteiger partial charge in [0.2, 0.25) is 0 Å². The lowest BCUT2D eigenvalue weighted by Crippen LogP contribution is -2.23. The van der Waals surface area contributed by atoms with Crippen LogP contribution in [0.15, 0.2) is 53.0 Å². The normalized spacial score (nSPS) is 10.1. The Morgan fingerprint density at radius 3 is 2.24 bits per heavy atom. The maximum Gasteiger partial charge on any atom is 0.307 e. The van der Waals surface area contributed by atoms with Crippen LogP contribution in [0.1, 0.15) is 21.5 Å². The molecule has 21 heavy (non-hydrogen) atoms. The van der Waals surface area contributed by atoms with Crippen LogP contribution in [0.3, 0.4) is 0 Å². The molecule has 0 aliphatic carbocycles. The molecule has 0 spiro atoms. The number of aliphatic carboxylic acids is 1. The van der Waals surface area contributed by atoms with Crippen LogP contribution in [0.5, 0.6) is 0 Å². The van der Waals surface area contributed by atoms with Gasteiger partial charge in [-0.15, -0.1) is 0 Å². The lowest BCUT2D eigenvalue weighted by Gasteiger charge is -2.09. The Labute approximate surface area is 130 Å². The number of carbonyl (C=O) groups is 2. The van der Waals surface area contributed by atoms with Crippen molar-refractivity contribution in [1.82, 2.24) is 5.32 Å². The minimum atomic E-state index is -0.887. The van der Waals surface area contributed by atoms with E-state index in [-0.39, 0.29) is 12.3 Å². The summed E-state index contributed by atoms with van der Waals surface area (Å²) in [6.07, 6.45) is -0.0513. The van der Waals surface area contributed by atoms with Crippen molar-refractivity contribution in [2.24, 2.45) is 0 Å². The quantitative estimate of drug-likeness (QED) is 0.873. The maximum atomic E-state index is 12.0. The molecule has 2 N–H and O–H groups in total. The van der Waals surface area contributed by atoms with Crippen LogP contribution in [0.25, 0.3) is 0 Å². The van der Waals surface area contributed by atoms with Crippen molar-refractivity contribution >= 4 is 27.8 Å². The highest BCUT2D eigenvalue weighted by Crippen LogP contribution is 2.12. The summed E-state index contributed by atoms with van der Waals surface area (Å²) in [5.41, 5.74) is 2.08. The van der Waals surface area contributed by atoms with Crippen molar-refractivity contribution in [3.8, 4) is 0 Å². The van der Waals surface area contributed by atoms with Crippen LogP contribution in [-0.2, 0) is 17.8 Å². The molecule has 2 rings (SSSR count). The van der Waals surface area contributed by atoms with E-state index in [2.05, 4.69) is 21.2 Å². The number of hydrogen-bond donors (Lipinski definition) is 2. The van der Waals surface area contributed by atoms with Gasteiger partial charge >= 0.3 is 5.97 Å². The van der Waals surface area contributed by atoms with Crippen LogP contribution < -0.4 is 5.32 Å². The Hall–Kier alpha value is -2.14. The summed E-state index contributed by atoms with van der Waals surface area (Å²) in [6, 6.07) is 14.2. The molecule has 5 heteroatoms. The van der Waals surface area contributed by atoms with Gasteiger partial charge in [0.05, 0.1) is 6.42 Å². The molecular formula is C16H14BrNO3. The van der Waals surface area contributed by atoms with Gasteiger partial charge in [-0.05, 0) is 35.4 Å². The predicted octanol–water partition coefficient (Wildman–Crippen LogP) is 3.01. The molecule has 0 bridgehead atoms. The van der Waals surface area contributed by atoms with Gasteiger partial charge in [0.1, 0.15) is 0 Å². The van der Waals surface area contributed by atoms with E-state index in [1.165, 1.54) is 0 Å². The number of carboxylic acid groups (broad SMARTS) is 1. The number of hydrogen-bond acceptors (Lipinski definition) is 2. The molecule has 2 aromatic rings. The van der Waals surface area contributed by atoms with Crippen LogP contribution in [0.4, 0.5) is 0 Å². The number of nitrogens with one attached hydrogen (secondary N) is 1. The number of benzene rings is 2. The van der Waals surface area contributed by atoms with E-state index < -0.39 is 5.97 Å². The molecule has 4 nitrogen and oxygen atoms in total. The standard InChI is InChI=1S/C16H14BrNO3/c17-14-7-5-11(6-8-14)16(21)18-10-13-4-2-1-3-12(13)9-15(19)20/h1-8H,9-10H2,(H,18,21)(H,19,20). The van der Waals surface area contributed by atoms with Crippen molar-refractivity contribution in [2.45, 2.75) is 13.0 Å². The number of carboxylic acids is 1. The van der Waals surface area contributed by atoms with Gasteiger partial charge in [0.25, 0.3) is 5.91 Å². The molecule has 0 unspecified atom stereocenters. The van der Waals surface area contributed by atoms with Gasteiger partial charge in [-0.1, -0.05) is 40.2 Å². The SMILES string of the molecule is O=C(O)Cc1ccccc1CNC(=O)c1ccc(Br)cc1. The zero-order valence-electron chi connectivity index (χ0n) is 11.2. The summed E-state index contributed by atoms with van der Waals surface area (Å²) in [7, 11) is 0. The average molecular weight is 348 g/mol. The minimum Gasteiger partial charge on any atom is -0.481 e. The van der Waals surface area contributed by atoms with Gasteiger partial charge in [-0.25, -0.2) is 0 Å². The topological polar surface area (TPSA) is 66.4 Å². The minimum absolute atomic E-state index is 0.0513. The summed E-state index contributed by atoms with van der Waals surface area (Å²) in [4.78, 5) is 22.8. The molecular weight excluding hydrogens is 334 g/mol. The average Bonchev–Trinajstić information content (AvgIpc) is 2.46. The largest absolute Gasteiger partial charge is 0.481 e. The Kier molecular flexibility index (Phi) is 5.11. The molecule has 0 saturated heterocycles. The zero-order chi connectivity index (χ0) is 15.2. The van der Waals surface area contributed by atoms with E-state index in [0.29, 0.717) is 17.7 Å². The molecule has 0 aliphatic rings. The molecule has 0 aromatic heterocycles. The first-order valence-electron chi connectivity index (χ1n) is 6.38. The number of rotatable bonds is 5. The van der Waals surface area contributed by atoms with Gasteiger partial charge in [0, 0.05) is 16.6 Å². The fourth-order valence-electron chi connectivity index (χ4n) is 1.94. The van der Waals surface area contributed by atoms with Crippen molar-refractivity contribution in [3.63, 3.8) is 0 Å². The van der Waals surface area contributed by atoms with E-state index in [4.69, 9.17) is 5.11 Å². The molecule has 2 aromatic carbocycles. The van der Waals surface area contributed by atoms with Crippen molar-refractivity contribution in [1.29, 1.82) is 0 Å². The smallest absolute Gasteiger partial charge is 0.307 e. The van der Waals surface area contributed by atoms with Crippen molar-refractivity contribution in [2.75, 3.05) is 0 Å². The molecule has 0 saturated carbocycles. The highest BCUT2D eigenvalue weighted by molar-refractivity contribution is 9.10. The second-order valence-corrected chi connectivity index (χ2v) is 5.44. The fraction of sp³-hybridized carbons (Fsp3) is 0.125. The van der Waals surface area contributed by atoms with Gasteiger partial charge in [-0.3, -0.25) is 9.59 Å². The van der Waals surface area contributed by atoms with Crippen LogP contribution in [0, 0.1) is 0 Å². The van der Waals surface area contributed by atoms with E-state index in [9.17, 15) is 9.59 Å². The molecule has 0 atom stereocenters. The molecule has 0 radical (unpaired) electrons. The van der Waals surface area contributed by atoms with Crippen LogP contribution in [-0.4, -0.2) is 17.0 Å². The van der Waals surface area contributed by atoms with Crippen molar-refractivity contribution in [3.05, 3.63) is 69.7 Å². The fourth-order valence-corrected chi connectivity index (χ4v) is 2.21. The second kappa shape index (κ2) is 7.04. The Morgan fingerprint density at radius 1 is 1.00 bits per heavy atom. The highest BCUT2D eigenvalue weighted by atomic mass is 79.9. The molecule has 1 amide bonds. The third-order valence-electron chi connectivity index (χ3n) is 3.01. The van der Waals surface area contributed by atoms with E-state index in [0.717, 1.165) is 10.0 Å². The zero-order valence-corrected chi connectivity index (χ0v) is 12.8. The lowest BCUT2D eigenvalue weighted by molar-refractivity contribution is -0.136. The van der Waals surface area contributed by atoms with Gasteiger partial charge < -0.3 is 10.4 Å². The molecule has 0 fully saturated rings. The number of halogens is 1.